The second kappa shape index (κ2) is 8.02. The van der Waals surface area contributed by atoms with Gasteiger partial charge in [0.05, 0.1) is 23.6 Å². The molecule has 0 aliphatic carbocycles. The number of anilines is 1. The van der Waals surface area contributed by atoms with Crippen molar-refractivity contribution in [3.8, 4) is 22.4 Å². The molecule has 4 aromatic rings. The van der Waals surface area contributed by atoms with Crippen LogP contribution in [0.4, 0.5) is 5.82 Å². The molecule has 2 atom stereocenters. The first kappa shape index (κ1) is 19.4. The van der Waals surface area contributed by atoms with Crippen molar-refractivity contribution in [3.63, 3.8) is 0 Å². The van der Waals surface area contributed by atoms with Crippen LogP contribution < -0.4 is 10.2 Å². The Kier molecular flexibility index (Phi) is 4.87. The number of aromatic nitrogens is 6. The second-order valence-electron chi connectivity index (χ2n) is 8.99. The summed E-state index contributed by atoms with van der Waals surface area (Å²) in [4.78, 5) is 2.44. The SMILES string of the molecule is CCN(c1ccc(-c2ccc(-c3cn[nH]c3)c3cn[nH]c23)nn1)C1CC2CCCC(C1)N2. The lowest BCUT2D eigenvalue weighted by atomic mass is 9.83. The van der Waals surface area contributed by atoms with Gasteiger partial charge >= 0.3 is 0 Å². The first-order valence-corrected chi connectivity index (χ1v) is 11.6. The van der Waals surface area contributed by atoms with Crippen molar-refractivity contribution in [2.45, 2.75) is 57.2 Å². The molecule has 2 bridgehead atoms. The molecule has 2 fully saturated rings. The van der Waals surface area contributed by atoms with Crippen molar-refractivity contribution in [2.75, 3.05) is 11.4 Å². The van der Waals surface area contributed by atoms with Gasteiger partial charge in [-0.2, -0.15) is 10.2 Å². The molecule has 164 valence electrons. The molecule has 2 saturated heterocycles. The van der Waals surface area contributed by atoms with Gasteiger partial charge in [-0.15, -0.1) is 10.2 Å². The van der Waals surface area contributed by atoms with E-state index >= 15 is 0 Å². The van der Waals surface area contributed by atoms with E-state index < -0.39 is 0 Å². The Bertz CT molecular complexity index is 1180. The van der Waals surface area contributed by atoms with E-state index in [0.29, 0.717) is 18.1 Å². The maximum atomic E-state index is 4.67. The van der Waals surface area contributed by atoms with Crippen LogP contribution in [0.3, 0.4) is 0 Å². The average Bonchev–Trinajstić information content (AvgIpc) is 3.52. The molecule has 0 saturated carbocycles. The Labute approximate surface area is 186 Å². The molecule has 32 heavy (non-hydrogen) atoms. The Balaban J connectivity index is 1.30. The van der Waals surface area contributed by atoms with Crippen molar-refractivity contribution >= 4 is 16.7 Å². The molecule has 0 amide bonds. The van der Waals surface area contributed by atoms with Gasteiger partial charge in [0, 0.05) is 47.4 Å². The van der Waals surface area contributed by atoms with Gasteiger partial charge < -0.3 is 10.2 Å². The minimum atomic E-state index is 0.533. The number of aromatic amines is 2. The maximum Gasteiger partial charge on any atom is 0.151 e. The first-order valence-electron chi connectivity index (χ1n) is 11.6. The Morgan fingerprint density at radius 3 is 2.53 bits per heavy atom. The zero-order valence-corrected chi connectivity index (χ0v) is 18.3. The Morgan fingerprint density at radius 1 is 0.969 bits per heavy atom. The van der Waals surface area contributed by atoms with E-state index in [1.807, 2.05) is 18.6 Å². The molecule has 8 nitrogen and oxygen atoms in total. The summed E-state index contributed by atoms with van der Waals surface area (Å²) in [6.45, 7) is 3.17. The van der Waals surface area contributed by atoms with Crippen molar-refractivity contribution in [1.82, 2.24) is 35.9 Å². The molecule has 0 radical (unpaired) electrons. The zero-order chi connectivity index (χ0) is 21.5. The Morgan fingerprint density at radius 2 is 1.81 bits per heavy atom. The summed E-state index contributed by atoms with van der Waals surface area (Å²) in [6.07, 6.45) is 11.9. The molecule has 2 aliphatic rings. The van der Waals surface area contributed by atoms with E-state index in [9.17, 15) is 0 Å². The summed E-state index contributed by atoms with van der Waals surface area (Å²) < 4.78 is 0. The third kappa shape index (κ3) is 3.35. The normalized spacial score (nSPS) is 22.8. The highest BCUT2D eigenvalue weighted by molar-refractivity contribution is 6.01. The number of fused-ring (bicyclic) bond motifs is 3. The third-order valence-corrected chi connectivity index (χ3v) is 7.12. The fourth-order valence-corrected chi connectivity index (χ4v) is 5.62. The van der Waals surface area contributed by atoms with Crippen LogP contribution >= 0.6 is 0 Å². The van der Waals surface area contributed by atoms with Crippen molar-refractivity contribution in [2.24, 2.45) is 0 Å². The van der Waals surface area contributed by atoms with Gasteiger partial charge in [0.1, 0.15) is 0 Å². The molecule has 3 N–H and O–H groups in total. The first-order chi connectivity index (χ1) is 15.8. The lowest BCUT2D eigenvalue weighted by Crippen LogP contribution is -2.55. The second-order valence-corrected chi connectivity index (χ2v) is 8.99. The highest BCUT2D eigenvalue weighted by Gasteiger charge is 2.34. The molecule has 5 heterocycles. The van der Waals surface area contributed by atoms with E-state index in [-0.39, 0.29) is 0 Å². The highest BCUT2D eigenvalue weighted by Crippen LogP contribution is 2.34. The molecule has 6 rings (SSSR count). The third-order valence-electron chi connectivity index (χ3n) is 7.12. The number of hydrogen-bond acceptors (Lipinski definition) is 6. The van der Waals surface area contributed by atoms with E-state index in [4.69, 9.17) is 0 Å². The summed E-state index contributed by atoms with van der Waals surface area (Å²) in [5.41, 5.74) is 4.94. The van der Waals surface area contributed by atoms with Gasteiger partial charge in [-0.1, -0.05) is 12.5 Å². The topological polar surface area (TPSA) is 98.4 Å². The summed E-state index contributed by atoms with van der Waals surface area (Å²) in [5, 5.41) is 28.5. The van der Waals surface area contributed by atoms with Crippen LogP contribution in [0.25, 0.3) is 33.3 Å². The number of rotatable bonds is 5. The average molecular weight is 429 g/mol. The van der Waals surface area contributed by atoms with Crippen LogP contribution in [0.15, 0.2) is 42.9 Å². The monoisotopic (exact) mass is 428 g/mol. The molecule has 1 aromatic carbocycles. The van der Waals surface area contributed by atoms with Crippen LogP contribution in [0.5, 0.6) is 0 Å². The number of benzene rings is 1. The minimum Gasteiger partial charge on any atom is -0.352 e. The summed E-state index contributed by atoms with van der Waals surface area (Å²) in [6, 6.07) is 10.2. The molecule has 3 aromatic heterocycles. The van der Waals surface area contributed by atoms with Gasteiger partial charge in [0.25, 0.3) is 0 Å². The van der Waals surface area contributed by atoms with Crippen LogP contribution in [0.1, 0.15) is 39.0 Å². The van der Waals surface area contributed by atoms with Gasteiger partial charge in [-0.25, -0.2) is 0 Å². The van der Waals surface area contributed by atoms with E-state index in [1.54, 1.807) is 0 Å². The standard InChI is InChI=1S/C24H28N8/c1-2-32(18-10-16-4-3-5-17(11-18)28-16)23-9-8-22(29-30-23)20-7-6-19(15-12-25-26-13-15)21-14-27-31-24(20)21/h6-9,12-14,16-18,28H,2-5,10-11H2,1H3,(H,25,26)(H,27,31). The van der Waals surface area contributed by atoms with Crippen molar-refractivity contribution in [1.29, 1.82) is 0 Å². The largest absolute Gasteiger partial charge is 0.352 e. The van der Waals surface area contributed by atoms with Crippen LogP contribution in [0.2, 0.25) is 0 Å². The molecular weight excluding hydrogens is 400 g/mol. The summed E-state index contributed by atoms with van der Waals surface area (Å²) in [5.74, 6) is 0.970. The smallest absolute Gasteiger partial charge is 0.151 e. The molecule has 2 aliphatic heterocycles. The molecule has 2 unspecified atom stereocenters. The lowest BCUT2D eigenvalue weighted by molar-refractivity contribution is 0.216. The fraction of sp³-hybridized carbons (Fsp3) is 0.417. The molecular formula is C24H28N8. The summed E-state index contributed by atoms with van der Waals surface area (Å²) >= 11 is 0. The molecule has 8 heteroatoms. The van der Waals surface area contributed by atoms with Gasteiger partial charge in [-0.05, 0) is 56.4 Å². The molecule has 0 spiro atoms. The predicted octanol–water partition coefficient (Wildman–Crippen LogP) is 3.91. The van der Waals surface area contributed by atoms with E-state index in [2.05, 4.69) is 72.0 Å². The van der Waals surface area contributed by atoms with E-state index in [1.165, 1.54) is 32.1 Å². The number of piperidine rings is 2. The van der Waals surface area contributed by atoms with Crippen molar-refractivity contribution < 1.29 is 0 Å². The lowest BCUT2D eigenvalue weighted by Gasteiger charge is -2.44. The number of nitrogens with zero attached hydrogens (tertiary/aromatic N) is 5. The van der Waals surface area contributed by atoms with Gasteiger partial charge in [0.15, 0.2) is 5.82 Å². The minimum absolute atomic E-state index is 0.533. The number of hydrogen-bond donors (Lipinski definition) is 3. The predicted molar refractivity (Wildman–Crippen MR) is 125 cm³/mol. The van der Waals surface area contributed by atoms with Crippen LogP contribution in [0, 0.1) is 0 Å². The van der Waals surface area contributed by atoms with Crippen molar-refractivity contribution in [3.05, 3.63) is 42.9 Å². The van der Waals surface area contributed by atoms with E-state index in [0.717, 1.165) is 45.6 Å². The summed E-state index contributed by atoms with van der Waals surface area (Å²) in [7, 11) is 0. The van der Waals surface area contributed by atoms with Gasteiger partial charge in [0.2, 0.25) is 0 Å². The van der Waals surface area contributed by atoms with Gasteiger partial charge in [-0.3, -0.25) is 10.2 Å². The quantitative estimate of drug-likeness (QED) is 0.446. The van der Waals surface area contributed by atoms with Crippen LogP contribution in [-0.2, 0) is 0 Å². The Hall–Kier alpha value is -3.26. The number of H-pyrrole nitrogens is 2. The highest BCUT2D eigenvalue weighted by atomic mass is 15.3. The maximum absolute atomic E-state index is 4.67. The zero-order valence-electron chi connectivity index (χ0n) is 18.3. The van der Waals surface area contributed by atoms with Crippen LogP contribution in [-0.4, -0.2) is 55.3 Å². The fourth-order valence-electron chi connectivity index (χ4n) is 5.62. The number of nitrogens with one attached hydrogen (secondary N) is 3.